The number of anilines is 1. The summed E-state index contributed by atoms with van der Waals surface area (Å²) in [6.45, 7) is 3.56. The molecular weight excluding hydrogens is 172 g/mol. The first-order valence-electron chi connectivity index (χ1n) is 3.52. The van der Waals surface area contributed by atoms with Gasteiger partial charge in [0, 0.05) is 32.2 Å². The molecule has 5 heteroatoms. The topological polar surface area (TPSA) is 41.9 Å². The quantitative estimate of drug-likeness (QED) is 0.690. The third-order valence-electron chi connectivity index (χ3n) is 1.39. The Labute approximate surface area is 76.2 Å². The first-order valence-corrected chi connectivity index (χ1v) is 4.34. The molecule has 0 bridgehead atoms. The molecule has 0 aliphatic carbocycles. The Hall–Kier alpha value is -1.10. The first-order chi connectivity index (χ1) is 5.79. The van der Waals surface area contributed by atoms with Gasteiger partial charge >= 0.3 is 0 Å². The summed E-state index contributed by atoms with van der Waals surface area (Å²) < 4.78 is 4.74. The van der Waals surface area contributed by atoms with Gasteiger partial charge in [-0.25, -0.2) is 0 Å². The standard InChI is InChI=1S/C7H12N4S/c1-4-10-12-7-6(8-2)5-9-11(7)3/h4-5,8,10H,1H2,2-3H3. The lowest BCUT2D eigenvalue weighted by atomic mass is 10.6. The molecule has 0 atom stereocenters. The van der Waals surface area contributed by atoms with E-state index in [0.717, 1.165) is 10.7 Å². The Balaban J connectivity index is 2.78. The Kier molecular flexibility index (Phi) is 3.04. The molecule has 66 valence electrons. The number of nitrogens with one attached hydrogen (secondary N) is 2. The normalized spacial score (nSPS) is 9.50. The lowest BCUT2D eigenvalue weighted by Gasteiger charge is -2.03. The predicted molar refractivity (Wildman–Crippen MR) is 51.9 cm³/mol. The van der Waals surface area contributed by atoms with Crippen LogP contribution in [-0.2, 0) is 7.05 Å². The van der Waals surface area contributed by atoms with Crippen molar-refractivity contribution in [1.82, 2.24) is 14.5 Å². The summed E-state index contributed by atoms with van der Waals surface area (Å²) >= 11 is 1.47. The van der Waals surface area contributed by atoms with Gasteiger partial charge in [-0.1, -0.05) is 6.58 Å². The van der Waals surface area contributed by atoms with E-state index in [0.29, 0.717) is 0 Å². The number of aryl methyl sites for hydroxylation is 1. The van der Waals surface area contributed by atoms with Gasteiger partial charge < -0.3 is 10.0 Å². The molecule has 2 N–H and O–H groups in total. The van der Waals surface area contributed by atoms with E-state index < -0.39 is 0 Å². The summed E-state index contributed by atoms with van der Waals surface area (Å²) in [6.07, 6.45) is 3.42. The van der Waals surface area contributed by atoms with Crippen LogP contribution >= 0.6 is 11.9 Å². The largest absolute Gasteiger partial charge is 0.385 e. The molecule has 0 radical (unpaired) electrons. The molecular formula is C7H12N4S. The number of aromatic nitrogens is 2. The molecule has 0 saturated carbocycles. The zero-order valence-corrected chi connectivity index (χ0v) is 7.98. The summed E-state index contributed by atoms with van der Waals surface area (Å²) in [6, 6.07) is 0. The molecule has 0 unspecified atom stereocenters. The summed E-state index contributed by atoms with van der Waals surface area (Å²) in [5.74, 6) is 0. The van der Waals surface area contributed by atoms with Crippen molar-refractivity contribution in [3.8, 4) is 0 Å². The van der Waals surface area contributed by atoms with E-state index in [4.69, 9.17) is 0 Å². The van der Waals surface area contributed by atoms with E-state index in [1.165, 1.54) is 11.9 Å². The minimum absolute atomic E-state index is 1.01. The van der Waals surface area contributed by atoms with Gasteiger partial charge in [-0.15, -0.1) is 0 Å². The van der Waals surface area contributed by atoms with Crippen LogP contribution in [0, 0.1) is 0 Å². The lowest BCUT2D eigenvalue weighted by Crippen LogP contribution is -1.99. The highest BCUT2D eigenvalue weighted by Gasteiger charge is 2.05. The number of hydrogen-bond acceptors (Lipinski definition) is 4. The molecule has 0 amide bonds. The first kappa shape index (κ1) is 8.99. The second kappa shape index (κ2) is 4.06. The van der Waals surface area contributed by atoms with Gasteiger partial charge in [-0.2, -0.15) is 5.10 Å². The smallest absolute Gasteiger partial charge is 0.137 e. The minimum atomic E-state index is 1.01. The van der Waals surface area contributed by atoms with Crippen molar-refractivity contribution in [2.24, 2.45) is 7.05 Å². The number of nitrogens with zero attached hydrogens (tertiary/aromatic N) is 2. The van der Waals surface area contributed by atoms with E-state index >= 15 is 0 Å². The van der Waals surface area contributed by atoms with Crippen LogP contribution in [0.2, 0.25) is 0 Å². The van der Waals surface area contributed by atoms with Crippen LogP contribution in [0.25, 0.3) is 0 Å². The van der Waals surface area contributed by atoms with Gasteiger partial charge in [0.15, 0.2) is 0 Å². The molecule has 1 rings (SSSR count). The lowest BCUT2D eigenvalue weighted by molar-refractivity contribution is 0.699. The third kappa shape index (κ3) is 1.73. The van der Waals surface area contributed by atoms with Crippen molar-refractivity contribution < 1.29 is 0 Å². The van der Waals surface area contributed by atoms with Crippen molar-refractivity contribution in [1.29, 1.82) is 0 Å². The van der Waals surface area contributed by atoms with Crippen molar-refractivity contribution in [2.75, 3.05) is 12.4 Å². The van der Waals surface area contributed by atoms with E-state index in [2.05, 4.69) is 21.7 Å². The number of rotatable bonds is 4. The van der Waals surface area contributed by atoms with E-state index in [9.17, 15) is 0 Å². The Morgan fingerprint density at radius 3 is 3.08 bits per heavy atom. The maximum absolute atomic E-state index is 4.10. The van der Waals surface area contributed by atoms with Crippen LogP contribution in [0.3, 0.4) is 0 Å². The van der Waals surface area contributed by atoms with Crippen LogP contribution in [0.1, 0.15) is 0 Å². The predicted octanol–water partition coefficient (Wildman–Crippen LogP) is 1.20. The van der Waals surface area contributed by atoms with E-state index in [-0.39, 0.29) is 0 Å². The fourth-order valence-corrected chi connectivity index (χ4v) is 1.46. The molecule has 0 aliphatic heterocycles. The maximum atomic E-state index is 4.10. The summed E-state index contributed by atoms with van der Waals surface area (Å²) in [7, 11) is 3.77. The second-order valence-corrected chi connectivity index (χ2v) is 2.99. The Morgan fingerprint density at radius 1 is 1.75 bits per heavy atom. The van der Waals surface area contributed by atoms with Gasteiger partial charge in [-0.3, -0.25) is 4.68 Å². The van der Waals surface area contributed by atoms with Crippen LogP contribution in [-0.4, -0.2) is 16.8 Å². The fourth-order valence-electron chi connectivity index (χ4n) is 0.816. The molecule has 1 heterocycles. The molecule has 0 saturated heterocycles. The molecule has 0 aliphatic rings. The van der Waals surface area contributed by atoms with Crippen molar-refractivity contribution in [3.05, 3.63) is 19.0 Å². The molecule has 0 fully saturated rings. The van der Waals surface area contributed by atoms with E-state index in [1.807, 2.05) is 14.1 Å². The van der Waals surface area contributed by atoms with Crippen LogP contribution < -0.4 is 10.0 Å². The SMILES string of the molecule is C=CNSc1c(NC)cnn1C. The van der Waals surface area contributed by atoms with Gasteiger partial charge in [0.2, 0.25) is 0 Å². The Morgan fingerprint density at radius 2 is 2.50 bits per heavy atom. The summed E-state index contributed by atoms with van der Waals surface area (Å²) in [5.41, 5.74) is 1.01. The monoisotopic (exact) mass is 184 g/mol. The van der Waals surface area contributed by atoms with Gasteiger partial charge in [0.05, 0.1) is 11.9 Å². The zero-order valence-electron chi connectivity index (χ0n) is 7.16. The zero-order chi connectivity index (χ0) is 8.97. The van der Waals surface area contributed by atoms with E-state index in [1.54, 1.807) is 17.1 Å². The second-order valence-electron chi connectivity index (χ2n) is 2.16. The fraction of sp³-hybridized carbons (Fsp3) is 0.286. The molecule has 0 spiro atoms. The van der Waals surface area contributed by atoms with Gasteiger partial charge in [0.25, 0.3) is 0 Å². The van der Waals surface area contributed by atoms with Crippen LogP contribution in [0.5, 0.6) is 0 Å². The maximum Gasteiger partial charge on any atom is 0.137 e. The van der Waals surface area contributed by atoms with Gasteiger partial charge in [-0.05, 0) is 0 Å². The Bertz CT molecular complexity index is 268. The number of hydrogen-bond donors (Lipinski definition) is 2. The summed E-state index contributed by atoms with van der Waals surface area (Å²) in [5, 5.41) is 8.19. The third-order valence-corrected chi connectivity index (χ3v) is 2.35. The molecule has 0 aromatic carbocycles. The average Bonchev–Trinajstić information content (AvgIpc) is 2.43. The van der Waals surface area contributed by atoms with Crippen molar-refractivity contribution >= 4 is 17.6 Å². The molecule has 1 aromatic heterocycles. The molecule has 12 heavy (non-hydrogen) atoms. The average molecular weight is 184 g/mol. The molecule has 1 aromatic rings. The van der Waals surface area contributed by atoms with Crippen LogP contribution in [0.4, 0.5) is 5.69 Å². The van der Waals surface area contributed by atoms with Crippen LogP contribution in [0.15, 0.2) is 24.0 Å². The highest BCUT2D eigenvalue weighted by atomic mass is 32.2. The highest BCUT2D eigenvalue weighted by Crippen LogP contribution is 2.23. The van der Waals surface area contributed by atoms with Crippen molar-refractivity contribution in [3.63, 3.8) is 0 Å². The van der Waals surface area contributed by atoms with Gasteiger partial charge in [0.1, 0.15) is 5.03 Å². The summed E-state index contributed by atoms with van der Waals surface area (Å²) in [4.78, 5) is 0. The van der Waals surface area contributed by atoms with Crippen molar-refractivity contribution in [2.45, 2.75) is 5.03 Å². The molecule has 4 nitrogen and oxygen atoms in total. The highest BCUT2D eigenvalue weighted by molar-refractivity contribution is 7.97. The minimum Gasteiger partial charge on any atom is -0.385 e.